The van der Waals surface area contributed by atoms with Crippen LogP contribution in [0.1, 0.15) is 22.8 Å². The van der Waals surface area contributed by atoms with Crippen LogP contribution in [0.2, 0.25) is 0 Å². The molecule has 5 nitrogen and oxygen atoms in total. The van der Waals surface area contributed by atoms with Crippen molar-refractivity contribution >= 4 is 60.9 Å². The number of halogens is 2. The lowest BCUT2D eigenvalue weighted by Crippen LogP contribution is -2.43. The van der Waals surface area contributed by atoms with Gasteiger partial charge in [0.2, 0.25) is 0 Å². The lowest BCUT2D eigenvalue weighted by molar-refractivity contribution is 0.0391. The van der Waals surface area contributed by atoms with Gasteiger partial charge in [-0.25, -0.2) is 4.98 Å². The van der Waals surface area contributed by atoms with Gasteiger partial charge in [-0.3, -0.25) is 14.6 Å². The van der Waals surface area contributed by atoms with Crippen LogP contribution in [0, 0.1) is 0 Å². The Morgan fingerprint density at radius 3 is 2.77 bits per heavy atom. The molecular weight excluding hydrogens is 486 g/mol. The van der Waals surface area contributed by atoms with E-state index >= 15 is 0 Å². The highest BCUT2D eigenvalue weighted by molar-refractivity contribution is 9.10. The van der Waals surface area contributed by atoms with Crippen molar-refractivity contribution in [3.63, 3.8) is 0 Å². The Morgan fingerprint density at radius 2 is 2.03 bits per heavy atom. The van der Waals surface area contributed by atoms with Crippen molar-refractivity contribution in [1.82, 2.24) is 9.88 Å². The van der Waals surface area contributed by atoms with Crippen molar-refractivity contribution in [2.24, 2.45) is 0 Å². The summed E-state index contributed by atoms with van der Waals surface area (Å²) in [5.74, 6) is -0.0191. The molecule has 0 saturated carbocycles. The molecule has 0 spiro atoms. The van der Waals surface area contributed by atoms with E-state index in [0.717, 1.165) is 59.1 Å². The van der Waals surface area contributed by atoms with E-state index in [1.807, 2.05) is 29.2 Å². The molecule has 160 valence electrons. The number of anilines is 1. The molecule has 2 aromatic carbocycles. The number of hydrogen-bond acceptors (Lipinski definition) is 5. The van der Waals surface area contributed by atoms with Gasteiger partial charge in [0.1, 0.15) is 0 Å². The Kier molecular flexibility index (Phi) is 8.25. The van der Waals surface area contributed by atoms with Gasteiger partial charge in [-0.1, -0.05) is 46.3 Å². The van der Waals surface area contributed by atoms with Crippen molar-refractivity contribution < 1.29 is 9.53 Å². The molecule has 1 aliphatic rings. The van der Waals surface area contributed by atoms with E-state index in [0.29, 0.717) is 12.1 Å². The van der Waals surface area contributed by atoms with Crippen molar-refractivity contribution in [2.45, 2.75) is 13.3 Å². The molecule has 1 amide bonds. The zero-order valence-electron chi connectivity index (χ0n) is 16.8. The number of hydrogen-bond donors (Lipinski definition) is 0. The quantitative estimate of drug-likeness (QED) is 0.467. The second kappa shape index (κ2) is 10.7. The van der Waals surface area contributed by atoms with E-state index in [1.54, 1.807) is 11.3 Å². The summed E-state index contributed by atoms with van der Waals surface area (Å²) in [6, 6.07) is 13.9. The third-order valence-corrected chi connectivity index (χ3v) is 6.68. The number of rotatable bonds is 6. The van der Waals surface area contributed by atoms with Crippen molar-refractivity contribution in [2.75, 3.05) is 44.3 Å². The lowest BCUT2D eigenvalue weighted by atomic mass is 10.2. The van der Waals surface area contributed by atoms with Crippen LogP contribution in [0.15, 0.2) is 46.9 Å². The monoisotopic (exact) mass is 509 g/mol. The number of thiazole rings is 1. The lowest BCUT2D eigenvalue weighted by Gasteiger charge is -2.29. The van der Waals surface area contributed by atoms with Gasteiger partial charge in [0.15, 0.2) is 5.13 Å². The van der Waals surface area contributed by atoms with E-state index in [2.05, 4.69) is 46.0 Å². The van der Waals surface area contributed by atoms with Gasteiger partial charge in [-0.15, -0.1) is 12.4 Å². The van der Waals surface area contributed by atoms with Gasteiger partial charge in [0.05, 0.1) is 23.4 Å². The fourth-order valence-corrected chi connectivity index (χ4v) is 4.87. The molecule has 0 unspecified atom stereocenters. The van der Waals surface area contributed by atoms with E-state index in [1.165, 1.54) is 5.56 Å². The van der Waals surface area contributed by atoms with E-state index < -0.39 is 0 Å². The van der Waals surface area contributed by atoms with Crippen molar-refractivity contribution in [3.05, 3.63) is 58.1 Å². The number of aryl methyl sites for hydroxylation is 1. The summed E-state index contributed by atoms with van der Waals surface area (Å²) in [5.41, 5.74) is 2.89. The average Bonchev–Trinajstić information content (AvgIpc) is 3.17. The molecule has 0 radical (unpaired) electrons. The predicted octanol–water partition coefficient (Wildman–Crippen LogP) is 5.02. The maximum Gasteiger partial charge on any atom is 0.260 e. The zero-order valence-corrected chi connectivity index (χ0v) is 20.1. The molecule has 1 saturated heterocycles. The summed E-state index contributed by atoms with van der Waals surface area (Å²) in [6.45, 7) is 6.86. The first-order valence-corrected chi connectivity index (χ1v) is 11.5. The van der Waals surface area contributed by atoms with Crippen LogP contribution >= 0.6 is 39.7 Å². The molecule has 3 aromatic rings. The van der Waals surface area contributed by atoms with Crippen molar-refractivity contribution in [1.29, 1.82) is 0 Å². The molecule has 0 bridgehead atoms. The van der Waals surface area contributed by atoms with Gasteiger partial charge in [0, 0.05) is 36.2 Å². The molecular formula is C22H25BrClN3O2S. The minimum Gasteiger partial charge on any atom is -0.379 e. The highest BCUT2D eigenvalue weighted by Crippen LogP contribution is 2.31. The smallest absolute Gasteiger partial charge is 0.260 e. The number of carbonyl (C=O) groups excluding carboxylic acids is 1. The highest BCUT2D eigenvalue weighted by atomic mass is 79.9. The Bertz CT molecular complexity index is 1010. The first kappa shape index (κ1) is 23.2. The summed E-state index contributed by atoms with van der Waals surface area (Å²) in [7, 11) is 0. The van der Waals surface area contributed by atoms with Gasteiger partial charge < -0.3 is 4.74 Å². The number of benzene rings is 2. The first-order valence-electron chi connectivity index (χ1n) is 9.91. The van der Waals surface area contributed by atoms with E-state index in [9.17, 15) is 4.79 Å². The fraction of sp³-hybridized carbons (Fsp3) is 0.364. The molecule has 2 heterocycles. The molecule has 1 aliphatic heterocycles. The number of carbonyl (C=O) groups is 1. The standard InChI is InChI=1S/C22H24BrN3O2S.ClH/c1-2-16-6-7-19-20(14-16)29-22(24-19)26(9-8-25-10-12-28-13-11-25)21(27)17-4-3-5-18(23)15-17;/h3-7,14-15H,2,8-13H2,1H3;1H. The number of nitrogens with zero attached hydrogens (tertiary/aromatic N) is 3. The van der Waals surface area contributed by atoms with Gasteiger partial charge in [0.25, 0.3) is 5.91 Å². The number of morpholine rings is 1. The number of fused-ring (bicyclic) bond motifs is 1. The predicted molar refractivity (Wildman–Crippen MR) is 129 cm³/mol. The van der Waals surface area contributed by atoms with Gasteiger partial charge in [-0.2, -0.15) is 0 Å². The fourth-order valence-electron chi connectivity index (χ4n) is 3.42. The summed E-state index contributed by atoms with van der Waals surface area (Å²) in [5, 5.41) is 0.756. The second-order valence-electron chi connectivity index (χ2n) is 7.07. The minimum atomic E-state index is -0.0191. The number of aromatic nitrogens is 1. The average molecular weight is 511 g/mol. The van der Waals surface area contributed by atoms with Crippen LogP contribution in [0.5, 0.6) is 0 Å². The maximum absolute atomic E-state index is 13.4. The third-order valence-electron chi connectivity index (χ3n) is 5.14. The van der Waals surface area contributed by atoms with Crippen LogP contribution in [0.3, 0.4) is 0 Å². The third kappa shape index (κ3) is 5.39. The second-order valence-corrected chi connectivity index (χ2v) is 9.00. The maximum atomic E-state index is 13.4. The summed E-state index contributed by atoms with van der Waals surface area (Å²) in [6.07, 6.45) is 0.987. The molecule has 0 atom stereocenters. The number of ether oxygens (including phenoxy) is 1. The molecule has 1 fully saturated rings. The number of amides is 1. The van der Waals surface area contributed by atoms with Crippen LogP contribution in [0.25, 0.3) is 10.2 Å². The Balaban J connectivity index is 0.00000256. The Hall–Kier alpha value is -1.51. The minimum absolute atomic E-state index is 0. The zero-order chi connectivity index (χ0) is 20.2. The molecule has 0 N–H and O–H groups in total. The van der Waals surface area contributed by atoms with E-state index in [4.69, 9.17) is 9.72 Å². The van der Waals surface area contributed by atoms with Crippen LogP contribution in [-0.4, -0.2) is 55.2 Å². The normalized spacial score (nSPS) is 14.5. The van der Waals surface area contributed by atoms with Gasteiger partial charge >= 0.3 is 0 Å². The van der Waals surface area contributed by atoms with E-state index in [-0.39, 0.29) is 18.3 Å². The molecule has 30 heavy (non-hydrogen) atoms. The van der Waals surface area contributed by atoms with Crippen LogP contribution in [-0.2, 0) is 11.2 Å². The highest BCUT2D eigenvalue weighted by Gasteiger charge is 2.23. The largest absolute Gasteiger partial charge is 0.379 e. The first-order chi connectivity index (χ1) is 14.1. The van der Waals surface area contributed by atoms with Crippen LogP contribution in [0.4, 0.5) is 5.13 Å². The Morgan fingerprint density at radius 1 is 1.23 bits per heavy atom. The van der Waals surface area contributed by atoms with Crippen molar-refractivity contribution in [3.8, 4) is 0 Å². The molecule has 0 aliphatic carbocycles. The summed E-state index contributed by atoms with van der Waals surface area (Å²) >= 11 is 5.06. The SMILES string of the molecule is CCc1ccc2nc(N(CCN3CCOCC3)C(=O)c3cccc(Br)c3)sc2c1.Cl. The summed E-state index contributed by atoms with van der Waals surface area (Å²) in [4.78, 5) is 22.4. The molecule has 1 aromatic heterocycles. The van der Waals surface area contributed by atoms with Crippen LogP contribution < -0.4 is 4.90 Å². The Labute approximate surface area is 195 Å². The summed E-state index contributed by atoms with van der Waals surface area (Å²) < 4.78 is 7.46. The topological polar surface area (TPSA) is 45.7 Å². The molecule has 8 heteroatoms. The van der Waals surface area contributed by atoms with Gasteiger partial charge in [-0.05, 0) is 42.3 Å². The molecule has 4 rings (SSSR count).